The van der Waals surface area contributed by atoms with Gasteiger partial charge in [0.05, 0.1) is 29.2 Å². The molecule has 3 aromatic heterocycles. The van der Waals surface area contributed by atoms with E-state index in [4.69, 9.17) is 10.5 Å². The van der Waals surface area contributed by atoms with E-state index in [1.54, 1.807) is 17.0 Å². The molecule has 2 aliphatic heterocycles. The van der Waals surface area contributed by atoms with Crippen molar-refractivity contribution in [3.05, 3.63) is 77.2 Å². The van der Waals surface area contributed by atoms with Crippen molar-refractivity contribution < 1.29 is 22.3 Å². The fraction of sp³-hybridized carbons (Fsp3) is 0.300. The largest absolute Gasteiger partial charge is 0.398 e. The summed E-state index contributed by atoms with van der Waals surface area (Å²) in [5, 5.41) is 0.183. The molecular formula is C30H30FN7O5S. The summed E-state index contributed by atoms with van der Waals surface area (Å²) in [5.74, 6) is -0.969. The first-order valence-corrected chi connectivity index (χ1v) is 15.8. The summed E-state index contributed by atoms with van der Waals surface area (Å²) in [4.78, 5) is 42.9. The van der Waals surface area contributed by atoms with Gasteiger partial charge in [0, 0.05) is 61.5 Å². The summed E-state index contributed by atoms with van der Waals surface area (Å²) in [5.41, 5.74) is 6.28. The highest BCUT2D eigenvalue weighted by atomic mass is 32.2. The molecule has 0 saturated carbocycles. The molecule has 0 aliphatic carbocycles. The maximum absolute atomic E-state index is 16.0. The second-order valence-electron chi connectivity index (χ2n) is 10.9. The van der Waals surface area contributed by atoms with Crippen LogP contribution >= 0.6 is 0 Å². The molecule has 0 unspecified atom stereocenters. The number of benzene rings is 1. The number of nitrogens with two attached hydrogens (primary N) is 1. The minimum atomic E-state index is -3.86. The van der Waals surface area contributed by atoms with E-state index in [0.29, 0.717) is 38.4 Å². The lowest BCUT2D eigenvalue weighted by Gasteiger charge is -2.40. The number of pyridine rings is 2. The molecule has 1 aromatic carbocycles. The van der Waals surface area contributed by atoms with Gasteiger partial charge in [-0.1, -0.05) is 18.7 Å². The number of carbonyl (C=O) groups is 1. The van der Waals surface area contributed by atoms with Crippen LogP contribution in [-0.4, -0.2) is 83.9 Å². The van der Waals surface area contributed by atoms with Gasteiger partial charge in [0.1, 0.15) is 11.5 Å². The molecule has 1 atom stereocenters. The number of anilines is 2. The SMILES string of the molecule is C=CC(=O)N1CCN(c2nc(=O)n(-c3c(C4COC4)cccc3S(C)(=O)=O)c3nc(-c4cnccc4N)c(F)cc23)[C@@H](C)C1. The van der Waals surface area contributed by atoms with Crippen molar-refractivity contribution in [1.29, 1.82) is 0 Å². The Morgan fingerprint density at radius 3 is 2.61 bits per heavy atom. The number of carbonyl (C=O) groups excluding carboxylic acids is 1. The van der Waals surface area contributed by atoms with E-state index in [9.17, 15) is 18.0 Å². The standard InChI is InChI=1S/C30H30FN7O5S/c1-4-25(39)36-10-11-37(17(2)14-36)28-20-12-22(31)26(21-13-33-9-8-23(21)32)34-29(20)38(30(40)35-28)27-19(18-15-43-16-18)6-5-7-24(27)44(3,41)42/h4-9,12-13,17-18H,1,10-11,14-16H2,2-3H3,(H2,32,33)/t17-/m0/s1. The van der Waals surface area contributed by atoms with E-state index >= 15 is 4.39 Å². The number of nitrogen functional groups attached to an aromatic ring is 1. The second-order valence-corrected chi connectivity index (χ2v) is 12.9. The summed E-state index contributed by atoms with van der Waals surface area (Å²) in [7, 11) is -3.86. The van der Waals surface area contributed by atoms with Crippen LogP contribution < -0.4 is 16.3 Å². The normalized spacial score (nSPS) is 17.5. The molecule has 0 bridgehead atoms. The molecule has 6 rings (SSSR count). The molecule has 5 heterocycles. The average Bonchev–Trinajstić information content (AvgIpc) is 2.95. The molecule has 2 aliphatic rings. The quantitative estimate of drug-likeness (QED) is 0.318. The highest BCUT2D eigenvalue weighted by Gasteiger charge is 2.33. The smallest absolute Gasteiger partial charge is 0.355 e. The van der Waals surface area contributed by atoms with E-state index in [1.165, 1.54) is 36.7 Å². The van der Waals surface area contributed by atoms with Gasteiger partial charge in [0.15, 0.2) is 21.3 Å². The number of halogens is 1. The number of fused-ring (bicyclic) bond motifs is 1. The molecule has 2 fully saturated rings. The van der Waals surface area contributed by atoms with Gasteiger partial charge >= 0.3 is 5.69 Å². The summed E-state index contributed by atoms with van der Waals surface area (Å²) < 4.78 is 48.7. The maximum atomic E-state index is 16.0. The first-order valence-electron chi connectivity index (χ1n) is 13.9. The maximum Gasteiger partial charge on any atom is 0.355 e. The third-order valence-electron chi connectivity index (χ3n) is 8.03. The zero-order valence-corrected chi connectivity index (χ0v) is 24.9. The van der Waals surface area contributed by atoms with Crippen LogP contribution in [0.4, 0.5) is 15.9 Å². The van der Waals surface area contributed by atoms with Crippen molar-refractivity contribution in [2.45, 2.75) is 23.8 Å². The van der Waals surface area contributed by atoms with Crippen LogP contribution in [0.2, 0.25) is 0 Å². The third kappa shape index (κ3) is 4.99. The van der Waals surface area contributed by atoms with Gasteiger partial charge in [-0.15, -0.1) is 0 Å². The number of sulfone groups is 1. The first-order chi connectivity index (χ1) is 21.0. The Labute approximate surface area is 252 Å². The number of hydrogen-bond donors (Lipinski definition) is 1. The Morgan fingerprint density at radius 1 is 1.20 bits per heavy atom. The van der Waals surface area contributed by atoms with Crippen molar-refractivity contribution >= 4 is 38.3 Å². The topological polar surface area (TPSA) is 154 Å². The molecule has 1 amide bonds. The number of rotatable bonds is 6. The lowest BCUT2D eigenvalue weighted by atomic mass is 9.95. The van der Waals surface area contributed by atoms with Crippen molar-refractivity contribution in [2.75, 3.05) is 49.7 Å². The van der Waals surface area contributed by atoms with Crippen molar-refractivity contribution in [3.8, 4) is 16.9 Å². The van der Waals surface area contributed by atoms with Gasteiger partial charge in [0.2, 0.25) is 5.91 Å². The molecule has 12 nitrogen and oxygen atoms in total. The lowest BCUT2D eigenvalue weighted by molar-refractivity contribution is -0.126. The van der Waals surface area contributed by atoms with Crippen molar-refractivity contribution in [2.24, 2.45) is 0 Å². The van der Waals surface area contributed by atoms with Gasteiger partial charge in [-0.3, -0.25) is 9.78 Å². The highest BCUT2D eigenvalue weighted by Crippen LogP contribution is 2.37. The summed E-state index contributed by atoms with van der Waals surface area (Å²) in [6, 6.07) is 7.20. The Hall–Kier alpha value is -4.69. The van der Waals surface area contributed by atoms with E-state index in [0.717, 1.165) is 10.8 Å². The van der Waals surface area contributed by atoms with Gasteiger partial charge < -0.3 is 20.3 Å². The fourth-order valence-corrected chi connectivity index (χ4v) is 6.63. The lowest BCUT2D eigenvalue weighted by Crippen LogP contribution is -2.54. The van der Waals surface area contributed by atoms with Gasteiger partial charge in [-0.25, -0.2) is 27.2 Å². The predicted molar refractivity (Wildman–Crippen MR) is 163 cm³/mol. The van der Waals surface area contributed by atoms with Crippen LogP contribution in [0, 0.1) is 5.82 Å². The third-order valence-corrected chi connectivity index (χ3v) is 9.16. The molecule has 0 spiro atoms. The van der Waals surface area contributed by atoms with E-state index in [1.807, 2.05) is 11.8 Å². The number of hydrogen-bond acceptors (Lipinski definition) is 10. The Kier molecular flexibility index (Phi) is 7.41. The summed E-state index contributed by atoms with van der Waals surface area (Å²) in [6.07, 6.45) is 5.13. The molecule has 2 N–H and O–H groups in total. The number of amides is 1. The second kappa shape index (κ2) is 11.1. The van der Waals surface area contributed by atoms with E-state index in [-0.39, 0.29) is 62.2 Å². The zero-order chi connectivity index (χ0) is 31.3. The minimum Gasteiger partial charge on any atom is -0.398 e. The zero-order valence-electron chi connectivity index (χ0n) is 24.1. The Balaban J connectivity index is 1.67. The molecule has 228 valence electrons. The highest BCUT2D eigenvalue weighted by molar-refractivity contribution is 7.90. The van der Waals surface area contributed by atoms with Gasteiger partial charge in [-0.2, -0.15) is 4.98 Å². The number of aromatic nitrogens is 4. The first kappa shape index (κ1) is 29.4. The number of para-hydroxylation sites is 1. The van der Waals surface area contributed by atoms with Crippen LogP contribution in [0.1, 0.15) is 18.4 Å². The number of piperazine rings is 1. The molecular weight excluding hydrogens is 589 g/mol. The van der Waals surface area contributed by atoms with Crippen LogP contribution in [0.25, 0.3) is 28.0 Å². The van der Waals surface area contributed by atoms with Crippen LogP contribution in [0.15, 0.2) is 65.1 Å². The Bertz CT molecular complexity index is 1990. The predicted octanol–water partition coefficient (Wildman–Crippen LogP) is 2.30. The summed E-state index contributed by atoms with van der Waals surface area (Å²) in [6.45, 7) is 7.04. The Morgan fingerprint density at radius 2 is 1.98 bits per heavy atom. The summed E-state index contributed by atoms with van der Waals surface area (Å²) >= 11 is 0. The van der Waals surface area contributed by atoms with Crippen LogP contribution in [0.3, 0.4) is 0 Å². The van der Waals surface area contributed by atoms with Crippen LogP contribution in [0.5, 0.6) is 0 Å². The molecule has 4 aromatic rings. The minimum absolute atomic E-state index is 0.00552. The van der Waals surface area contributed by atoms with Crippen molar-refractivity contribution in [1.82, 2.24) is 24.4 Å². The molecule has 2 saturated heterocycles. The monoisotopic (exact) mass is 619 g/mol. The number of ether oxygens (including phenoxy) is 1. The fourth-order valence-electron chi connectivity index (χ4n) is 5.74. The number of nitrogens with zero attached hydrogens (tertiary/aromatic N) is 6. The molecule has 14 heteroatoms. The van der Waals surface area contributed by atoms with E-state index < -0.39 is 21.3 Å². The van der Waals surface area contributed by atoms with Gasteiger partial charge in [0.25, 0.3) is 0 Å². The van der Waals surface area contributed by atoms with Gasteiger partial charge in [-0.05, 0) is 36.8 Å². The average molecular weight is 620 g/mol. The molecule has 44 heavy (non-hydrogen) atoms. The van der Waals surface area contributed by atoms with Crippen molar-refractivity contribution in [3.63, 3.8) is 0 Å². The van der Waals surface area contributed by atoms with Crippen LogP contribution in [-0.2, 0) is 19.4 Å². The van der Waals surface area contributed by atoms with E-state index in [2.05, 4.69) is 21.5 Å². The molecule has 0 radical (unpaired) electrons.